The van der Waals surface area contributed by atoms with E-state index in [2.05, 4.69) is 5.32 Å². The molecule has 1 aromatic carbocycles. The van der Waals surface area contributed by atoms with Gasteiger partial charge >= 0.3 is 0 Å². The van der Waals surface area contributed by atoms with Crippen molar-refractivity contribution in [2.45, 2.75) is 25.1 Å². The van der Waals surface area contributed by atoms with Crippen molar-refractivity contribution in [3.63, 3.8) is 0 Å². The smallest absolute Gasteiger partial charge is 0.169 e. The Kier molecular flexibility index (Phi) is 4.92. The molecule has 0 aromatic heterocycles. The topological polar surface area (TPSA) is 55.4 Å². The molecule has 1 rings (SSSR count). The van der Waals surface area contributed by atoms with Gasteiger partial charge in [-0.3, -0.25) is 0 Å². The zero-order chi connectivity index (χ0) is 14.7. The predicted molar refractivity (Wildman–Crippen MR) is 73.6 cm³/mol. The van der Waals surface area contributed by atoms with E-state index in [-0.39, 0.29) is 18.8 Å². The quantitative estimate of drug-likeness (QED) is 0.867. The molecule has 0 fully saturated rings. The summed E-state index contributed by atoms with van der Waals surface area (Å²) in [7, 11) is -1.76. The molecule has 0 heterocycles. The second-order valence-electron chi connectivity index (χ2n) is 5.07. The van der Waals surface area contributed by atoms with Crippen molar-refractivity contribution in [1.82, 2.24) is 5.32 Å². The van der Waals surface area contributed by atoms with Crippen molar-refractivity contribution in [2.24, 2.45) is 0 Å². The largest absolute Gasteiger partial charge is 0.494 e. The van der Waals surface area contributed by atoms with Crippen LogP contribution in [0.4, 0.5) is 4.39 Å². The molecule has 19 heavy (non-hydrogen) atoms. The van der Waals surface area contributed by atoms with E-state index in [1.807, 2.05) is 0 Å². The van der Waals surface area contributed by atoms with Crippen LogP contribution in [-0.2, 0) is 16.4 Å². The Morgan fingerprint density at radius 2 is 2.00 bits per heavy atom. The molecule has 1 aromatic rings. The van der Waals surface area contributed by atoms with Gasteiger partial charge in [-0.1, -0.05) is 12.1 Å². The van der Waals surface area contributed by atoms with Crippen molar-refractivity contribution in [3.05, 3.63) is 29.6 Å². The maximum absolute atomic E-state index is 13.8. The number of methoxy groups -OCH3 is 1. The summed E-state index contributed by atoms with van der Waals surface area (Å²) in [5, 5.41) is 2.97. The lowest BCUT2D eigenvalue weighted by molar-refractivity contribution is 0.383. The summed E-state index contributed by atoms with van der Waals surface area (Å²) < 4.78 is 40.9. The van der Waals surface area contributed by atoms with Gasteiger partial charge in [0.1, 0.15) is 0 Å². The molecule has 0 unspecified atom stereocenters. The lowest BCUT2D eigenvalue weighted by Gasteiger charge is -2.23. The third-order valence-electron chi connectivity index (χ3n) is 3.13. The highest BCUT2D eigenvalue weighted by atomic mass is 32.2. The molecule has 0 bridgehead atoms. The van der Waals surface area contributed by atoms with Gasteiger partial charge in [0.15, 0.2) is 21.4 Å². The van der Waals surface area contributed by atoms with E-state index in [1.165, 1.54) is 13.4 Å². The van der Waals surface area contributed by atoms with E-state index in [0.29, 0.717) is 5.56 Å². The van der Waals surface area contributed by atoms with Crippen LogP contribution in [0.3, 0.4) is 0 Å². The average molecular weight is 289 g/mol. The molecule has 6 heteroatoms. The number of nitrogens with one attached hydrogen (secondary N) is 1. The van der Waals surface area contributed by atoms with Crippen LogP contribution in [0.25, 0.3) is 0 Å². The van der Waals surface area contributed by atoms with Gasteiger partial charge in [-0.25, -0.2) is 12.8 Å². The minimum Gasteiger partial charge on any atom is -0.494 e. The fourth-order valence-corrected chi connectivity index (χ4v) is 1.84. The molecule has 1 N–H and O–H groups in total. The van der Waals surface area contributed by atoms with Crippen LogP contribution in [0.15, 0.2) is 18.2 Å². The van der Waals surface area contributed by atoms with E-state index >= 15 is 0 Å². The zero-order valence-electron chi connectivity index (χ0n) is 11.7. The number of hydrogen-bond donors (Lipinski definition) is 1. The van der Waals surface area contributed by atoms with Gasteiger partial charge < -0.3 is 10.1 Å². The van der Waals surface area contributed by atoms with Crippen LogP contribution in [0.5, 0.6) is 5.75 Å². The molecule has 0 saturated carbocycles. The van der Waals surface area contributed by atoms with Gasteiger partial charge in [0.2, 0.25) is 0 Å². The zero-order valence-corrected chi connectivity index (χ0v) is 12.5. The summed E-state index contributed by atoms with van der Waals surface area (Å²) in [6.45, 7) is 3.78. The first-order valence-electron chi connectivity index (χ1n) is 5.91. The molecular formula is C13H20FNO3S. The number of ether oxygens (including phenoxy) is 1. The molecule has 0 spiro atoms. The van der Waals surface area contributed by atoms with Gasteiger partial charge in [-0.15, -0.1) is 0 Å². The lowest BCUT2D eigenvalue weighted by atomic mass is 10.1. The van der Waals surface area contributed by atoms with Crippen LogP contribution in [-0.4, -0.2) is 33.1 Å². The summed E-state index contributed by atoms with van der Waals surface area (Å²) in [6.07, 6.45) is 1.20. The van der Waals surface area contributed by atoms with Crippen molar-refractivity contribution in [3.8, 4) is 5.75 Å². The first-order chi connectivity index (χ1) is 8.69. The normalized spacial score (nSPS) is 12.5. The number of rotatable bonds is 6. The highest BCUT2D eigenvalue weighted by molar-refractivity contribution is 7.92. The van der Waals surface area contributed by atoms with Gasteiger partial charge in [-0.2, -0.15) is 0 Å². The van der Waals surface area contributed by atoms with Crippen molar-refractivity contribution < 1.29 is 17.5 Å². The monoisotopic (exact) mass is 289 g/mol. The molecule has 0 atom stereocenters. The Bertz CT molecular complexity index is 541. The van der Waals surface area contributed by atoms with E-state index in [9.17, 15) is 12.8 Å². The van der Waals surface area contributed by atoms with Gasteiger partial charge in [0.25, 0.3) is 0 Å². The van der Waals surface area contributed by atoms with Gasteiger partial charge in [0.05, 0.1) is 11.9 Å². The second kappa shape index (κ2) is 5.88. The van der Waals surface area contributed by atoms with Gasteiger partial charge in [0, 0.05) is 24.9 Å². The third-order valence-corrected chi connectivity index (χ3v) is 5.29. The van der Waals surface area contributed by atoms with E-state index in [1.54, 1.807) is 32.0 Å². The SMILES string of the molecule is COc1cccc(CNCC(C)(C)S(C)(=O)=O)c1F. The Balaban J connectivity index is 2.69. The molecule has 0 saturated heterocycles. The highest BCUT2D eigenvalue weighted by Gasteiger charge is 2.29. The predicted octanol–water partition coefficient (Wildman–Crippen LogP) is 1.75. The molecule has 0 amide bonds. The molecule has 108 valence electrons. The Hall–Kier alpha value is -1.14. The number of benzene rings is 1. The van der Waals surface area contributed by atoms with Gasteiger partial charge in [-0.05, 0) is 19.9 Å². The Morgan fingerprint density at radius 3 is 2.53 bits per heavy atom. The minimum atomic E-state index is -3.16. The number of sulfone groups is 1. The fraction of sp³-hybridized carbons (Fsp3) is 0.538. The van der Waals surface area contributed by atoms with Crippen LogP contribution < -0.4 is 10.1 Å². The third kappa shape index (κ3) is 3.91. The van der Waals surface area contributed by atoms with E-state index in [0.717, 1.165) is 0 Å². The van der Waals surface area contributed by atoms with Crippen LogP contribution in [0.2, 0.25) is 0 Å². The summed E-state index contributed by atoms with van der Waals surface area (Å²) in [4.78, 5) is 0. The molecule has 0 aliphatic carbocycles. The van der Waals surface area contributed by atoms with Crippen molar-refractivity contribution in [1.29, 1.82) is 0 Å². The average Bonchev–Trinajstić information content (AvgIpc) is 2.29. The first kappa shape index (κ1) is 15.9. The minimum absolute atomic E-state index is 0.182. The van der Waals surface area contributed by atoms with Crippen LogP contribution >= 0.6 is 0 Å². The molecule has 0 aliphatic heterocycles. The maximum atomic E-state index is 13.8. The Morgan fingerprint density at radius 1 is 1.37 bits per heavy atom. The molecule has 0 radical (unpaired) electrons. The molecule has 4 nitrogen and oxygen atoms in total. The molecule has 0 aliphatic rings. The van der Waals surface area contributed by atoms with Crippen LogP contribution in [0, 0.1) is 5.82 Å². The highest BCUT2D eigenvalue weighted by Crippen LogP contribution is 2.20. The Labute approximate surface area is 113 Å². The summed E-state index contributed by atoms with van der Waals surface area (Å²) in [5.74, 6) is -0.240. The molecular weight excluding hydrogens is 269 g/mol. The van der Waals surface area contributed by atoms with Crippen molar-refractivity contribution in [2.75, 3.05) is 19.9 Å². The van der Waals surface area contributed by atoms with E-state index < -0.39 is 20.4 Å². The number of halogens is 1. The summed E-state index contributed by atoms with van der Waals surface area (Å²) in [6, 6.07) is 4.87. The second-order valence-corrected chi connectivity index (χ2v) is 7.72. The fourth-order valence-electron chi connectivity index (χ4n) is 1.48. The lowest BCUT2D eigenvalue weighted by Crippen LogP contribution is -2.41. The standard InChI is InChI=1S/C13H20FNO3S/c1-13(2,19(4,16)17)9-15-8-10-6-5-7-11(18-3)12(10)14/h5-7,15H,8-9H2,1-4H3. The van der Waals surface area contributed by atoms with Crippen LogP contribution in [0.1, 0.15) is 19.4 Å². The number of hydrogen-bond acceptors (Lipinski definition) is 4. The summed E-state index contributed by atoms with van der Waals surface area (Å²) in [5.41, 5.74) is 0.448. The van der Waals surface area contributed by atoms with Crippen molar-refractivity contribution >= 4 is 9.84 Å². The first-order valence-corrected chi connectivity index (χ1v) is 7.80. The maximum Gasteiger partial charge on any atom is 0.169 e. The summed E-state index contributed by atoms with van der Waals surface area (Å²) >= 11 is 0. The van der Waals surface area contributed by atoms with E-state index in [4.69, 9.17) is 4.74 Å².